The van der Waals surface area contributed by atoms with E-state index >= 15 is 0 Å². The van der Waals surface area contributed by atoms with E-state index in [0.29, 0.717) is 17.0 Å². The van der Waals surface area contributed by atoms with Crippen LogP contribution in [0.2, 0.25) is 0 Å². The Kier molecular flexibility index (Phi) is 7.09. The quantitative estimate of drug-likeness (QED) is 0.560. The van der Waals surface area contributed by atoms with Crippen LogP contribution in [0.25, 0.3) is 0 Å². The SMILES string of the molecule is COc1ccc(S(=O)(=O)N[C@H](Cc2ccccc2)C(=O)Nc2cccc(C)c2)cc1C. The Bertz CT molecular complexity index is 1160. The number of carbonyl (C=O) groups excluding carboxylic acids is 1. The summed E-state index contributed by atoms with van der Waals surface area (Å²) in [6.45, 7) is 3.69. The van der Waals surface area contributed by atoms with E-state index < -0.39 is 22.0 Å². The first kappa shape index (κ1) is 22.5. The molecule has 0 unspecified atom stereocenters. The molecule has 0 spiro atoms. The summed E-state index contributed by atoms with van der Waals surface area (Å²) >= 11 is 0. The molecule has 0 saturated carbocycles. The number of anilines is 1. The predicted octanol–water partition coefficient (Wildman–Crippen LogP) is 3.84. The second kappa shape index (κ2) is 9.76. The van der Waals surface area contributed by atoms with Gasteiger partial charge in [-0.3, -0.25) is 4.79 Å². The smallest absolute Gasteiger partial charge is 0.242 e. The van der Waals surface area contributed by atoms with Crippen molar-refractivity contribution in [3.8, 4) is 5.75 Å². The minimum absolute atomic E-state index is 0.0761. The van der Waals surface area contributed by atoms with Gasteiger partial charge in [0.25, 0.3) is 0 Å². The third-order valence-electron chi connectivity index (χ3n) is 4.86. The van der Waals surface area contributed by atoms with Gasteiger partial charge in [0.1, 0.15) is 11.8 Å². The molecule has 3 aromatic rings. The number of sulfonamides is 1. The van der Waals surface area contributed by atoms with Crippen molar-refractivity contribution >= 4 is 21.6 Å². The summed E-state index contributed by atoms with van der Waals surface area (Å²) in [5.41, 5.74) is 3.14. The van der Waals surface area contributed by atoms with Gasteiger partial charge in [0.15, 0.2) is 0 Å². The molecular formula is C24H26N2O4S. The highest BCUT2D eigenvalue weighted by Crippen LogP contribution is 2.22. The number of hydrogen-bond donors (Lipinski definition) is 2. The Morgan fingerprint density at radius 1 is 0.968 bits per heavy atom. The maximum Gasteiger partial charge on any atom is 0.242 e. The van der Waals surface area contributed by atoms with Crippen LogP contribution < -0.4 is 14.8 Å². The molecule has 31 heavy (non-hydrogen) atoms. The first-order valence-electron chi connectivity index (χ1n) is 9.87. The largest absolute Gasteiger partial charge is 0.496 e. The summed E-state index contributed by atoms with van der Waals surface area (Å²) in [4.78, 5) is 13.1. The van der Waals surface area contributed by atoms with E-state index in [0.717, 1.165) is 11.1 Å². The van der Waals surface area contributed by atoms with Gasteiger partial charge in [-0.2, -0.15) is 4.72 Å². The van der Waals surface area contributed by atoms with E-state index in [9.17, 15) is 13.2 Å². The minimum atomic E-state index is -3.94. The van der Waals surface area contributed by atoms with E-state index in [-0.39, 0.29) is 11.3 Å². The fraction of sp³-hybridized carbons (Fsp3) is 0.208. The van der Waals surface area contributed by atoms with Crippen LogP contribution in [0.1, 0.15) is 16.7 Å². The van der Waals surface area contributed by atoms with Crippen LogP contribution in [0.15, 0.2) is 77.7 Å². The number of nitrogens with one attached hydrogen (secondary N) is 2. The Balaban J connectivity index is 1.88. The number of rotatable bonds is 8. The minimum Gasteiger partial charge on any atom is -0.496 e. The molecule has 1 atom stereocenters. The Morgan fingerprint density at radius 3 is 2.35 bits per heavy atom. The molecule has 2 N–H and O–H groups in total. The summed E-state index contributed by atoms with van der Waals surface area (Å²) in [6, 6.07) is 20.3. The number of benzene rings is 3. The number of hydrogen-bond acceptors (Lipinski definition) is 4. The molecule has 0 heterocycles. The Morgan fingerprint density at radius 2 is 1.71 bits per heavy atom. The topological polar surface area (TPSA) is 84.5 Å². The first-order valence-corrected chi connectivity index (χ1v) is 11.4. The van der Waals surface area contributed by atoms with Gasteiger partial charge in [0.2, 0.25) is 15.9 Å². The van der Waals surface area contributed by atoms with E-state index in [1.165, 1.54) is 19.2 Å². The van der Waals surface area contributed by atoms with Crippen LogP contribution in [-0.2, 0) is 21.2 Å². The molecule has 6 nitrogen and oxygen atoms in total. The molecule has 0 radical (unpaired) electrons. The van der Waals surface area contributed by atoms with Crippen LogP contribution in [-0.4, -0.2) is 27.5 Å². The lowest BCUT2D eigenvalue weighted by atomic mass is 10.1. The highest BCUT2D eigenvalue weighted by Gasteiger charge is 2.26. The van der Waals surface area contributed by atoms with Crippen molar-refractivity contribution in [2.45, 2.75) is 31.2 Å². The number of aryl methyl sites for hydroxylation is 2. The molecule has 0 aliphatic carbocycles. The normalized spacial score (nSPS) is 12.2. The molecule has 3 rings (SSSR count). The second-order valence-electron chi connectivity index (χ2n) is 7.35. The van der Waals surface area contributed by atoms with Gasteiger partial charge in [-0.15, -0.1) is 0 Å². The Labute approximate surface area is 183 Å². The van der Waals surface area contributed by atoms with E-state index in [4.69, 9.17) is 4.74 Å². The third-order valence-corrected chi connectivity index (χ3v) is 6.33. The van der Waals surface area contributed by atoms with E-state index in [1.54, 1.807) is 19.1 Å². The Hall–Kier alpha value is -3.16. The molecule has 0 fully saturated rings. The maximum absolute atomic E-state index is 13.1. The molecule has 0 aliphatic rings. The number of ether oxygens (including phenoxy) is 1. The summed E-state index contributed by atoms with van der Waals surface area (Å²) < 4.78 is 33.9. The zero-order valence-electron chi connectivity index (χ0n) is 17.8. The lowest BCUT2D eigenvalue weighted by Crippen LogP contribution is -2.45. The van der Waals surface area contributed by atoms with Crippen LogP contribution in [0.4, 0.5) is 5.69 Å². The van der Waals surface area contributed by atoms with Gasteiger partial charge in [-0.1, -0.05) is 42.5 Å². The summed E-state index contributed by atoms with van der Waals surface area (Å²) in [5.74, 6) is 0.167. The summed E-state index contributed by atoms with van der Waals surface area (Å²) in [7, 11) is -2.41. The van der Waals surface area contributed by atoms with Crippen molar-refractivity contribution in [1.29, 1.82) is 0 Å². The summed E-state index contributed by atoms with van der Waals surface area (Å²) in [5, 5.41) is 2.82. The molecule has 0 aromatic heterocycles. The van der Waals surface area contributed by atoms with Gasteiger partial charge in [-0.05, 0) is 67.3 Å². The van der Waals surface area contributed by atoms with Gasteiger partial charge < -0.3 is 10.1 Å². The predicted molar refractivity (Wildman–Crippen MR) is 122 cm³/mol. The van der Waals surface area contributed by atoms with Crippen molar-refractivity contribution < 1.29 is 17.9 Å². The molecule has 0 aliphatic heterocycles. The fourth-order valence-electron chi connectivity index (χ4n) is 3.26. The van der Waals surface area contributed by atoms with Crippen molar-refractivity contribution in [2.75, 3.05) is 12.4 Å². The van der Waals surface area contributed by atoms with Crippen LogP contribution in [0.3, 0.4) is 0 Å². The highest BCUT2D eigenvalue weighted by atomic mass is 32.2. The van der Waals surface area contributed by atoms with Gasteiger partial charge in [0.05, 0.1) is 12.0 Å². The van der Waals surface area contributed by atoms with Crippen LogP contribution in [0, 0.1) is 13.8 Å². The first-order chi connectivity index (χ1) is 14.8. The van der Waals surface area contributed by atoms with E-state index in [1.807, 2.05) is 55.5 Å². The third kappa shape index (κ3) is 5.93. The monoisotopic (exact) mass is 438 g/mol. The van der Waals surface area contributed by atoms with Gasteiger partial charge in [0, 0.05) is 5.69 Å². The van der Waals surface area contributed by atoms with Crippen molar-refractivity contribution in [1.82, 2.24) is 4.72 Å². The van der Waals surface area contributed by atoms with Gasteiger partial charge in [-0.25, -0.2) is 8.42 Å². The number of amides is 1. The molecule has 162 valence electrons. The number of methoxy groups -OCH3 is 1. The maximum atomic E-state index is 13.1. The standard InChI is InChI=1S/C24H26N2O4S/c1-17-8-7-11-20(14-17)25-24(27)22(16-19-9-5-4-6-10-19)26-31(28,29)21-12-13-23(30-3)18(2)15-21/h4-15,22,26H,16H2,1-3H3,(H,25,27)/t22-/m1/s1. The van der Waals surface area contributed by atoms with Crippen molar-refractivity contribution in [2.24, 2.45) is 0 Å². The molecule has 3 aromatic carbocycles. The van der Waals surface area contributed by atoms with E-state index in [2.05, 4.69) is 10.0 Å². The lowest BCUT2D eigenvalue weighted by Gasteiger charge is -2.19. The zero-order chi connectivity index (χ0) is 22.4. The highest BCUT2D eigenvalue weighted by molar-refractivity contribution is 7.89. The van der Waals surface area contributed by atoms with Crippen LogP contribution >= 0.6 is 0 Å². The average Bonchev–Trinajstić information content (AvgIpc) is 2.74. The molecule has 0 saturated heterocycles. The van der Waals surface area contributed by atoms with Gasteiger partial charge >= 0.3 is 0 Å². The summed E-state index contributed by atoms with van der Waals surface area (Å²) in [6.07, 6.45) is 0.215. The average molecular weight is 439 g/mol. The number of carbonyl (C=O) groups is 1. The molecule has 0 bridgehead atoms. The second-order valence-corrected chi connectivity index (χ2v) is 9.07. The molecular weight excluding hydrogens is 412 g/mol. The van der Waals surface area contributed by atoms with Crippen LogP contribution in [0.5, 0.6) is 5.75 Å². The molecule has 7 heteroatoms. The molecule has 1 amide bonds. The van der Waals surface area contributed by atoms with Crippen molar-refractivity contribution in [3.63, 3.8) is 0 Å². The zero-order valence-corrected chi connectivity index (χ0v) is 18.6. The fourth-order valence-corrected chi connectivity index (χ4v) is 4.54. The van der Waals surface area contributed by atoms with Crippen molar-refractivity contribution in [3.05, 3.63) is 89.5 Å². The lowest BCUT2D eigenvalue weighted by molar-refractivity contribution is -0.117.